The molecule has 1 spiro atoms. The van der Waals surface area contributed by atoms with Crippen molar-refractivity contribution in [1.82, 2.24) is 15.5 Å². The van der Waals surface area contributed by atoms with Crippen molar-refractivity contribution in [3.05, 3.63) is 34.9 Å². The van der Waals surface area contributed by atoms with Crippen LogP contribution in [0.1, 0.15) is 53.6 Å². The Hall–Kier alpha value is -2.25. The van der Waals surface area contributed by atoms with Crippen LogP contribution in [0.5, 0.6) is 0 Å². The molecule has 2 atom stereocenters. The molecule has 27 heavy (non-hydrogen) atoms. The summed E-state index contributed by atoms with van der Waals surface area (Å²) in [6, 6.07) is 6.10. The second-order valence-corrected chi connectivity index (χ2v) is 8.50. The van der Waals surface area contributed by atoms with Crippen LogP contribution in [-0.4, -0.2) is 40.7 Å². The van der Waals surface area contributed by atoms with Crippen molar-refractivity contribution in [3.8, 4) is 0 Å². The summed E-state index contributed by atoms with van der Waals surface area (Å²) in [5.41, 5.74) is 9.19. The average Bonchev–Trinajstić information content (AvgIpc) is 3.17. The highest BCUT2D eigenvalue weighted by molar-refractivity contribution is 6.05. The van der Waals surface area contributed by atoms with Crippen LogP contribution in [0.2, 0.25) is 0 Å². The van der Waals surface area contributed by atoms with Gasteiger partial charge in [0.05, 0.1) is 0 Å². The maximum atomic E-state index is 12.8. The molecule has 7 nitrogen and oxygen atoms in total. The number of nitrogens with one attached hydrogen (secondary N) is 2. The molecule has 1 aromatic rings. The van der Waals surface area contributed by atoms with Crippen molar-refractivity contribution < 1.29 is 14.4 Å². The van der Waals surface area contributed by atoms with E-state index in [0.717, 1.165) is 36.9 Å². The molecule has 2 aliphatic heterocycles. The summed E-state index contributed by atoms with van der Waals surface area (Å²) in [6.45, 7) is 1.15. The molecule has 3 fully saturated rings. The predicted molar refractivity (Wildman–Crippen MR) is 97.4 cm³/mol. The van der Waals surface area contributed by atoms with Crippen LogP contribution < -0.4 is 16.4 Å². The van der Waals surface area contributed by atoms with Crippen molar-refractivity contribution >= 4 is 17.7 Å². The first-order chi connectivity index (χ1) is 13.0. The first-order valence-electron chi connectivity index (χ1n) is 9.71. The van der Waals surface area contributed by atoms with Crippen molar-refractivity contribution in [1.29, 1.82) is 0 Å². The summed E-state index contributed by atoms with van der Waals surface area (Å²) in [5, 5.41) is 5.94. The topological polar surface area (TPSA) is 105 Å². The van der Waals surface area contributed by atoms with Gasteiger partial charge in [0.15, 0.2) is 0 Å². The van der Waals surface area contributed by atoms with Crippen LogP contribution in [0.4, 0.5) is 0 Å². The van der Waals surface area contributed by atoms with Crippen molar-refractivity contribution in [3.63, 3.8) is 0 Å². The number of carbonyl (C=O) groups excluding carboxylic acids is 3. The molecular weight excluding hydrogens is 344 g/mol. The Balaban J connectivity index is 1.28. The standard InChI is InChI=1S/C20H24N4O3/c21-16-8-20(16)6-12(7-20)22-9-11-2-1-3-13-14(11)10-24(19(13)27)15-4-5-17(25)23-18(15)26/h1-3,12,15-16,22H,4-10,21H2,(H,23,25,26). The number of benzene rings is 1. The molecule has 4 aliphatic rings. The Morgan fingerprint density at radius 2 is 2.00 bits per heavy atom. The number of amides is 3. The molecule has 2 saturated carbocycles. The van der Waals surface area contributed by atoms with Gasteiger partial charge in [0.2, 0.25) is 11.8 Å². The minimum Gasteiger partial charge on any atom is -0.327 e. The van der Waals surface area contributed by atoms with Crippen molar-refractivity contribution in [2.24, 2.45) is 11.1 Å². The van der Waals surface area contributed by atoms with E-state index < -0.39 is 6.04 Å². The number of carbonyl (C=O) groups is 3. The molecule has 7 heteroatoms. The predicted octanol–water partition coefficient (Wildman–Crippen LogP) is 0.417. The largest absolute Gasteiger partial charge is 0.327 e. The molecule has 1 saturated heterocycles. The van der Waals surface area contributed by atoms with Crippen molar-refractivity contribution in [2.45, 2.75) is 63.3 Å². The summed E-state index contributed by atoms with van der Waals surface area (Å²) in [4.78, 5) is 38.0. The number of nitrogens with zero attached hydrogens (tertiary/aromatic N) is 1. The number of nitrogens with two attached hydrogens (primary N) is 1. The van der Waals surface area contributed by atoms with Gasteiger partial charge >= 0.3 is 0 Å². The molecule has 0 bridgehead atoms. The number of hydrogen-bond acceptors (Lipinski definition) is 5. The first kappa shape index (κ1) is 16.9. The minimum atomic E-state index is -0.564. The SMILES string of the molecule is NC1CC12CC(NCc1cccc3c1CN(C1CCC(=O)NC1=O)C3=O)C2. The number of piperidine rings is 1. The monoisotopic (exact) mass is 368 g/mol. The fraction of sp³-hybridized carbons (Fsp3) is 0.550. The van der Waals surface area contributed by atoms with E-state index in [0.29, 0.717) is 36.0 Å². The fourth-order valence-electron chi connectivity index (χ4n) is 4.98. The smallest absolute Gasteiger partial charge is 0.255 e. The summed E-state index contributed by atoms with van der Waals surface area (Å²) in [6.07, 6.45) is 4.11. The second-order valence-electron chi connectivity index (χ2n) is 8.50. The van der Waals surface area contributed by atoms with Crippen LogP contribution in [0, 0.1) is 5.41 Å². The molecule has 5 rings (SSSR count). The Morgan fingerprint density at radius 1 is 1.22 bits per heavy atom. The lowest BCUT2D eigenvalue weighted by Crippen LogP contribution is -2.52. The van der Waals surface area contributed by atoms with E-state index in [1.54, 1.807) is 4.90 Å². The Kier molecular flexibility index (Phi) is 3.67. The Labute approximate surface area is 157 Å². The van der Waals surface area contributed by atoms with Gasteiger partial charge in [0, 0.05) is 37.2 Å². The number of imide groups is 1. The zero-order valence-corrected chi connectivity index (χ0v) is 15.2. The molecule has 2 aliphatic carbocycles. The van der Waals surface area contributed by atoms with Gasteiger partial charge in [-0.05, 0) is 48.3 Å². The van der Waals surface area contributed by atoms with Gasteiger partial charge in [-0.3, -0.25) is 19.7 Å². The molecule has 0 aromatic heterocycles. The molecule has 2 heterocycles. The molecule has 2 unspecified atom stereocenters. The van der Waals surface area contributed by atoms with Gasteiger partial charge in [-0.15, -0.1) is 0 Å². The fourth-order valence-corrected chi connectivity index (χ4v) is 4.98. The lowest BCUT2D eigenvalue weighted by molar-refractivity contribution is -0.136. The second kappa shape index (κ2) is 5.87. The third-order valence-corrected chi connectivity index (χ3v) is 6.82. The summed E-state index contributed by atoms with van der Waals surface area (Å²) in [5.74, 6) is -0.750. The summed E-state index contributed by atoms with van der Waals surface area (Å²) in [7, 11) is 0. The van der Waals surface area contributed by atoms with Crippen LogP contribution >= 0.6 is 0 Å². The number of fused-ring (bicyclic) bond motifs is 1. The van der Waals surface area contributed by atoms with Gasteiger partial charge < -0.3 is 16.0 Å². The van der Waals surface area contributed by atoms with Gasteiger partial charge in [-0.2, -0.15) is 0 Å². The third-order valence-electron chi connectivity index (χ3n) is 6.82. The van der Waals surface area contributed by atoms with Crippen LogP contribution in [0.3, 0.4) is 0 Å². The van der Waals surface area contributed by atoms with Gasteiger partial charge in [0.1, 0.15) is 6.04 Å². The van der Waals surface area contributed by atoms with Crippen LogP contribution in [0.25, 0.3) is 0 Å². The molecule has 0 radical (unpaired) electrons. The first-order valence-corrected chi connectivity index (χ1v) is 9.71. The summed E-state index contributed by atoms with van der Waals surface area (Å²) < 4.78 is 0. The summed E-state index contributed by atoms with van der Waals surface area (Å²) >= 11 is 0. The van der Waals surface area contributed by atoms with Crippen molar-refractivity contribution in [2.75, 3.05) is 0 Å². The zero-order valence-electron chi connectivity index (χ0n) is 15.2. The van der Waals surface area contributed by atoms with E-state index in [1.165, 1.54) is 0 Å². The quantitative estimate of drug-likeness (QED) is 0.668. The minimum absolute atomic E-state index is 0.118. The van der Waals surface area contributed by atoms with E-state index >= 15 is 0 Å². The number of rotatable bonds is 4. The number of hydrogen-bond donors (Lipinski definition) is 3. The molecule has 142 valence electrons. The third kappa shape index (κ3) is 2.68. The highest BCUT2D eigenvalue weighted by Crippen LogP contribution is 2.59. The molecule has 3 amide bonds. The maximum absolute atomic E-state index is 12.8. The Morgan fingerprint density at radius 3 is 2.70 bits per heavy atom. The van der Waals surface area contributed by atoms with E-state index in [1.807, 2.05) is 18.2 Å². The van der Waals surface area contributed by atoms with E-state index in [9.17, 15) is 14.4 Å². The zero-order chi connectivity index (χ0) is 18.8. The van der Waals surface area contributed by atoms with Crippen LogP contribution in [-0.2, 0) is 22.7 Å². The Bertz CT molecular complexity index is 846. The molecule has 1 aromatic carbocycles. The van der Waals surface area contributed by atoms with E-state index in [4.69, 9.17) is 5.73 Å². The highest BCUT2D eigenvalue weighted by Gasteiger charge is 2.59. The lowest BCUT2D eigenvalue weighted by atomic mass is 9.76. The highest BCUT2D eigenvalue weighted by atomic mass is 16.2. The van der Waals surface area contributed by atoms with Gasteiger partial charge in [0.25, 0.3) is 5.91 Å². The van der Waals surface area contributed by atoms with Gasteiger partial charge in [-0.25, -0.2) is 0 Å². The molecular formula is C20H24N4O3. The van der Waals surface area contributed by atoms with E-state index in [-0.39, 0.29) is 24.1 Å². The normalized spacial score (nSPS) is 34.5. The molecule has 4 N–H and O–H groups in total. The maximum Gasteiger partial charge on any atom is 0.255 e. The van der Waals surface area contributed by atoms with Gasteiger partial charge in [-0.1, -0.05) is 12.1 Å². The van der Waals surface area contributed by atoms with Crippen LogP contribution in [0.15, 0.2) is 18.2 Å². The lowest BCUT2D eigenvalue weighted by Gasteiger charge is -2.37. The average molecular weight is 368 g/mol. The van der Waals surface area contributed by atoms with E-state index in [2.05, 4.69) is 10.6 Å².